The van der Waals surface area contributed by atoms with E-state index in [1.165, 1.54) is 24.3 Å². The molecule has 1 aliphatic rings. The molecule has 0 saturated carbocycles. The molecule has 0 aliphatic carbocycles. The van der Waals surface area contributed by atoms with E-state index < -0.39 is 29.8 Å². The summed E-state index contributed by atoms with van der Waals surface area (Å²) in [6, 6.07) is 4.58. The Morgan fingerprint density at radius 2 is 2.05 bits per heavy atom. The van der Waals surface area contributed by atoms with Gasteiger partial charge in [-0.2, -0.15) is 0 Å². The second-order valence-corrected chi connectivity index (χ2v) is 4.64. The van der Waals surface area contributed by atoms with Crippen LogP contribution in [0.4, 0.5) is 4.39 Å². The van der Waals surface area contributed by atoms with Crippen LogP contribution in [-0.2, 0) is 19.1 Å². The first-order chi connectivity index (χ1) is 10.1. The molecule has 21 heavy (non-hydrogen) atoms. The second-order valence-electron chi connectivity index (χ2n) is 4.64. The van der Waals surface area contributed by atoms with Crippen molar-refractivity contribution in [1.82, 2.24) is 5.32 Å². The third-order valence-electron chi connectivity index (χ3n) is 3.08. The van der Waals surface area contributed by atoms with Crippen molar-refractivity contribution in [2.24, 2.45) is 0 Å². The predicted octanol–water partition coefficient (Wildman–Crippen LogP) is 0.873. The van der Waals surface area contributed by atoms with E-state index in [0.717, 1.165) is 0 Å². The van der Waals surface area contributed by atoms with Gasteiger partial charge in [0.15, 0.2) is 6.10 Å². The van der Waals surface area contributed by atoms with Crippen molar-refractivity contribution in [1.29, 1.82) is 0 Å². The Labute approximate surface area is 120 Å². The van der Waals surface area contributed by atoms with Crippen LogP contribution in [0.25, 0.3) is 0 Å². The smallest absolute Gasteiger partial charge is 0.305 e. The molecule has 2 rings (SSSR count). The number of carboxylic acids is 1. The maximum absolute atomic E-state index is 12.9. The molecule has 1 heterocycles. The number of benzene rings is 1. The van der Waals surface area contributed by atoms with Gasteiger partial charge in [0.25, 0.3) is 5.91 Å². The maximum Gasteiger partial charge on any atom is 0.305 e. The van der Waals surface area contributed by atoms with Gasteiger partial charge in [0.2, 0.25) is 0 Å². The lowest BCUT2D eigenvalue weighted by Crippen LogP contribution is -2.44. The summed E-state index contributed by atoms with van der Waals surface area (Å²) in [6.45, 7) is 0.883. The van der Waals surface area contributed by atoms with Crippen LogP contribution in [-0.4, -0.2) is 42.9 Å². The van der Waals surface area contributed by atoms with Crippen molar-refractivity contribution in [2.45, 2.75) is 18.6 Å². The molecule has 1 aromatic rings. The highest BCUT2D eigenvalue weighted by atomic mass is 19.1. The number of hydrogen-bond acceptors (Lipinski definition) is 4. The molecule has 7 heteroatoms. The number of amides is 1. The number of rotatable bonds is 5. The van der Waals surface area contributed by atoms with Gasteiger partial charge in [-0.15, -0.1) is 0 Å². The summed E-state index contributed by atoms with van der Waals surface area (Å²) in [5.41, 5.74) is 0.517. The number of carbonyl (C=O) groups excluding carboxylic acids is 1. The Hall–Kier alpha value is -1.99. The van der Waals surface area contributed by atoms with Crippen LogP contribution < -0.4 is 5.32 Å². The highest BCUT2D eigenvalue weighted by Crippen LogP contribution is 2.18. The van der Waals surface area contributed by atoms with Gasteiger partial charge in [-0.05, 0) is 17.7 Å². The van der Waals surface area contributed by atoms with E-state index in [1.54, 1.807) is 0 Å². The molecule has 0 bridgehead atoms. The summed E-state index contributed by atoms with van der Waals surface area (Å²) >= 11 is 0. The fourth-order valence-electron chi connectivity index (χ4n) is 2.03. The molecule has 0 aromatic heterocycles. The van der Waals surface area contributed by atoms with E-state index in [4.69, 9.17) is 14.6 Å². The molecule has 1 aromatic carbocycles. The molecule has 0 spiro atoms. The molecule has 1 fully saturated rings. The largest absolute Gasteiger partial charge is 0.481 e. The standard InChI is InChI=1S/C14H16FNO5/c15-10-3-1-9(2-4-10)11(7-13(17)18)16-14(19)12-8-20-5-6-21-12/h1-4,11-12H,5-8H2,(H,16,19)(H,17,18)/t11-,12-/m1/s1. The number of carboxylic acid groups (broad SMARTS) is 1. The SMILES string of the molecule is O=C(O)C[C@@H](NC(=O)[C@H]1COCCO1)c1ccc(F)cc1. The van der Waals surface area contributed by atoms with Crippen molar-refractivity contribution in [3.05, 3.63) is 35.6 Å². The van der Waals surface area contributed by atoms with Crippen LogP contribution in [0.1, 0.15) is 18.0 Å². The lowest BCUT2D eigenvalue weighted by atomic mass is 10.0. The Balaban J connectivity index is 2.06. The van der Waals surface area contributed by atoms with Crippen molar-refractivity contribution < 1.29 is 28.6 Å². The van der Waals surface area contributed by atoms with Gasteiger partial charge in [0, 0.05) is 0 Å². The Morgan fingerprint density at radius 1 is 1.33 bits per heavy atom. The van der Waals surface area contributed by atoms with Crippen LogP contribution in [0.2, 0.25) is 0 Å². The van der Waals surface area contributed by atoms with Crippen LogP contribution >= 0.6 is 0 Å². The highest BCUT2D eigenvalue weighted by molar-refractivity contribution is 5.82. The number of nitrogens with one attached hydrogen (secondary N) is 1. The molecule has 0 radical (unpaired) electrons. The van der Waals surface area contributed by atoms with E-state index >= 15 is 0 Å². The van der Waals surface area contributed by atoms with Gasteiger partial charge in [-0.25, -0.2) is 4.39 Å². The topological polar surface area (TPSA) is 84.9 Å². The Morgan fingerprint density at radius 3 is 2.62 bits per heavy atom. The fourth-order valence-corrected chi connectivity index (χ4v) is 2.03. The van der Waals surface area contributed by atoms with Crippen LogP contribution in [0.3, 0.4) is 0 Å². The van der Waals surface area contributed by atoms with Gasteiger partial charge in [0.1, 0.15) is 5.82 Å². The zero-order valence-electron chi connectivity index (χ0n) is 11.3. The highest BCUT2D eigenvalue weighted by Gasteiger charge is 2.26. The Kier molecular flexibility index (Phi) is 5.24. The van der Waals surface area contributed by atoms with E-state index in [-0.39, 0.29) is 13.0 Å². The molecule has 1 saturated heterocycles. The predicted molar refractivity (Wildman–Crippen MR) is 70.1 cm³/mol. The molecule has 1 amide bonds. The van der Waals surface area contributed by atoms with Gasteiger partial charge in [-0.3, -0.25) is 9.59 Å². The first kappa shape index (κ1) is 15.4. The summed E-state index contributed by atoms with van der Waals surface area (Å²) in [5.74, 6) is -1.93. The molecule has 114 valence electrons. The zero-order valence-corrected chi connectivity index (χ0v) is 11.3. The lowest BCUT2D eigenvalue weighted by molar-refractivity contribution is -0.148. The van der Waals surface area contributed by atoms with Crippen molar-refractivity contribution >= 4 is 11.9 Å². The minimum absolute atomic E-state index is 0.134. The Bertz CT molecular complexity index is 499. The van der Waals surface area contributed by atoms with Gasteiger partial charge >= 0.3 is 5.97 Å². The van der Waals surface area contributed by atoms with Crippen molar-refractivity contribution in [2.75, 3.05) is 19.8 Å². The number of aliphatic carboxylic acids is 1. The number of halogens is 1. The van der Waals surface area contributed by atoms with Gasteiger partial charge in [0.05, 0.1) is 32.3 Å². The van der Waals surface area contributed by atoms with E-state index in [1.807, 2.05) is 0 Å². The van der Waals surface area contributed by atoms with Crippen LogP contribution in [0.15, 0.2) is 24.3 Å². The second kappa shape index (κ2) is 7.14. The van der Waals surface area contributed by atoms with Crippen LogP contribution in [0, 0.1) is 5.82 Å². The van der Waals surface area contributed by atoms with Crippen LogP contribution in [0.5, 0.6) is 0 Å². The summed E-state index contributed by atoms with van der Waals surface area (Å²) in [4.78, 5) is 23.0. The molecule has 0 unspecified atom stereocenters. The minimum Gasteiger partial charge on any atom is -0.481 e. The quantitative estimate of drug-likeness (QED) is 0.842. The molecular weight excluding hydrogens is 281 g/mol. The van der Waals surface area contributed by atoms with Crippen molar-refractivity contribution in [3.63, 3.8) is 0 Å². The molecule has 6 nitrogen and oxygen atoms in total. The lowest BCUT2D eigenvalue weighted by Gasteiger charge is -2.25. The van der Waals surface area contributed by atoms with E-state index in [0.29, 0.717) is 18.8 Å². The first-order valence-electron chi connectivity index (χ1n) is 6.53. The molecule has 2 N–H and O–H groups in total. The fraction of sp³-hybridized carbons (Fsp3) is 0.429. The summed E-state index contributed by atoms with van der Waals surface area (Å²) in [6.07, 6.45) is -1.05. The number of ether oxygens (including phenoxy) is 2. The summed E-state index contributed by atoms with van der Waals surface area (Å²) in [7, 11) is 0. The number of hydrogen-bond donors (Lipinski definition) is 2. The average molecular weight is 297 g/mol. The summed E-state index contributed by atoms with van der Waals surface area (Å²) < 4.78 is 23.3. The molecule has 2 atom stereocenters. The first-order valence-corrected chi connectivity index (χ1v) is 6.53. The number of carbonyl (C=O) groups is 2. The third-order valence-corrected chi connectivity index (χ3v) is 3.08. The molecule has 1 aliphatic heterocycles. The minimum atomic E-state index is -1.06. The molecular formula is C14H16FNO5. The van der Waals surface area contributed by atoms with Crippen molar-refractivity contribution in [3.8, 4) is 0 Å². The summed E-state index contributed by atoms with van der Waals surface area (Å²) in [5, 5.41) is 11.5. The van der Waals surface area contributed by atoms with E-state index in [9.17, 15) is 14.0 Å². The normalized spacial score (nSPS) is 19.8. The van der Waals surface area contributed by atoms with E-state index in [2.05, 4.69) is 5.32 Å². The van der Waals surface area contributed by atoms with Gasteiger partial charge in [-0.1, -0.05) is 12.1 Å². The monoisotopic (exact) mass is 297 g/mol. The zero-order chi connectivity index (χ0) is 15.2. The third kappa shape index (κ3) is 4.51. The average Bonchev–Trinajstić information content (AvgIpc) is 2.48. The van der Waals surface area contributed by atoms with Gasteiger partial charge < -0.3 is 19.9 Å². The maximum atomic E-state index is 12.9.